The predicted octanol–water partition coefficient (Wildman–Crippen LogP) is 3.19. The highest BCUT2D eigenvalue weighted by Crippen LogP contribution is 2.29. The Morgan fingerprint density at radius 2 is 1.88 bits per heavy atom. The maximum atomic E-state index is 12.1. The number of nitrogens with zero attached hydrogens (tertiary/aromatic N) is 2. The number of nitrogens with two attached hydrogens (primary N) is 1. The van der Waals surface area contributed by atoms with Crippen LogP contribution in [0.25, 0.3) is 0 Å². The number of rotatable bonds is 5. The summed E-state index contributed by atoms with van der Waals surface area (Å²) >= 11 is 0. The van der Waals surface area contributed by atoms with Crippen molar-refractivity contribution in [3.8, 4) is 0 Å². The van der Waals surface area contributed by atoms with Gasteiger partial charge in [-0.3, -0.25) is 0 Å². The van der Waals surface area contributed by atoms with Gasteiger partial charge in [0, 0.05) is 5.54 Å². The summed E-state index contributed by atoms with van der Waals surface area (Å²) in [6.07, 6.45) is 1.42. The van der Waals surface area contributed by atoms with E-state index in [9.17, 15) is 4.79 Å². The second-order valence-electron chi connectivity index (χ2n) is 6.25. The average molecular weight is 329 g/mol. The van der Waals surface area contributed by atoms with Crippen LogP contribution in [0.4, 0.5) is 23.0 Å². The SMILES string of the molecule is CCOC(=O)c1ccccc1Nc1ncnc(NC(C)(C)C)c1N. The number of benzene rings is 1. The van der Waals surface area contributed by atoms with E-state index in [0.717, 1.165) is 0 Å². The summed E-state index contributed by atoms with van der Waals surface area (Å²) < 4.78 is 5.07. The highest BCUT2D eigenvalue weighted by molar-refractivity contribution is 5.97. The van der Waals surface area contributed by atoms with E-state index in [1.54, 1.807) is 25.1 Å². The van der Waals surface area contributed by atoms with Crippen LogP contribution in [-0.4, -0.2) is 28.1 Å². The fourth-order valence-corrected chi connectivity index (χ4v) is 2.06. The Balaban J connectivity index is 2.33. The van der Waals surface area contributed by atoms with Gasteiger partial charge in [-0.15, -0.1) is 0 Å². The molecule has 0 aliphatic rings. The van der Waals surface area contributed by atoms with E-state index < -0.39 is 5.97 Å². The summed E-state index contributed by atoms with van der Waals surface area (Å²) in [5, 5.41) is 6.31. The van der Waals surface area contributed by atoms with Gasteiger partial charge < -0.3 is 21.1 Å². The largest absolute Gasteiger partial charge is 0.462 e. The third-order valence-corrected chi connectivity index (χ3v) is 3.05. The molecular formula is C17H23N5O2. The second kappa shape index (κ2) is 7.16. The molecule has 0 aliphatic carbocycles. The Kier molecular flexibility index (Phi) is 5.23. The molecule has 0 spiro atoms. The minimum Gasteiger partial charge on any atom is -0.462 e. The van der Waals surface area contributed by atoms with Gasteiger partial charge in [0.05, 0.1) is 17.9 Å². The minimum absolute atomic E-state index is 0.192. The molecule has 0 bridgehead atoms. The normalized spacial score (nSPS) is 11.0. The maximum absolute atomic E-state index is 12.1. The fourth-order valence-electron chi connectivity index (χ4n) is 2.06. The Labute approximate surface area is 141 Å². The smallest absolute Gasteiger partial charge is 0.340 e. The Morgan fingerprint density at radius 1 is 1.21 bits per heavy atom. The zero-order valence-corrected chi connectivity index (χ0v) is 14.4. The van der Waals surface area contributed by atoms with Gasteiger partial charge in [-0.05, 0) is 39.8 Å². The molecule has 0 radical (unpaired) electrons. The first-order valence-corrected chi connectivity index (χ1v) is 7.73. The molecule has 1 heterocycles. The highest BCUT2D eigenvalue weighted by Gasteiger charge is 2.17. The van der Waals surface area contributed by atoms with E-state index in [1.807, 2.05) is 26.8 Å². The number of nitrogens with one attached hydrogen (secondary N) is 2. The van der Waals surface area contributed by atoms with Crippen LogP contribution in [0.15, 0.2) is 30.6 Å². The van der Waals surface area contributed by atoms with Crippen molar-refractivity contribution in [1.82, 2.24) is 9.97 Å². The summed E-state index contributed by atoms with van der Waals surface area (Å²) in [6, 6.07) is 7.04. The molecule has 7 nitrogen and oxygen atoms in total. The standard InChI is InChI=1S/C17H23N5O2/c1-5-24-16(23)11-8-6-7-9-12(11)21-14-13(18)15(20-10-19-14)22-17(2,3)4/h6-10H,5,18H2,1-4H3,(H2,19,20,21,22). The van der Waals surface area contributed by atoms with Crippen LogP contribution in [0.1, 0.15) is 38.1 Å². The number of aromatic nitrogens is 2. The molecule has 0 unspecified atom stereocenters. The van der Waals surface area contributed by atoms with Gasteiger partial charge in [0.25, 0.3) is 0 Å². The molecule has 0 fully saturated rings. The zero-order valence-electron chi connectivity index (χ0n) is 14.4. The molecule has 7 heteroatoms. The number of para-hydroxylation sites is 1. The first-order valence-electron chi connectivity index (χ1n) is 7.73. The van der Waals surface area contributed by atoms with Gasteiger partial charge in [0.15, 0.2) is 11.6 Å². The Hall–Kier alpha value is -2.83. The summed E-state index contributed by atoms with van der Waals surface area (Å²) in [6.45, 7) is 8.11. The van der Waals surface area contributed by atoms with Crippen molar-refractivity contribution in [3.63, 3.8) is 0 Å². The summed E-state index contributed by atoms with van der Waals surface area (Å²) in [4.78, 5) is 20.4. The number of carbonyl (C=O) groups is 1. The van der Waals surface area contributed by atoms with Gasteiger partial charge in [-0.1, -0.05) is 12.1 Å². The number of hydrogen-bond donors (Lipinski definition) is 3. The average Bonchev–Trinajstić information content (AvgIpc) is 2.51. The summed E-state index contributed by atoms with van der Waals surface area (Å²) in [7, 11) is 0. The van der Waals surface area contributed by atoms with E-state index in [4.69, 9.17) is 10.5 Å². The maximum Gasteiger partial charge on any atom is 0.340 e. The highest BCUT2D eigenvalue weighted by atomic mass is 16.5. The third-order valence-electron chi connectivity index (χ3n) is 3.05. The summed E-state index contributed by atoms with van der Waals surface area (Å²) in [5.41, 5.74) is 7.34. The quantitative estimate of drug-likeness (QED) is 0.724. The van der Waals surface area contributed by atoms with Crippen molar-refractivity contribution < 1.29 is 9.53 Å². The van der Waals surface area contributed by atoms with Gasteiger partial charge >= 0.3 is 5.97 Å². The molecule has 1 aromatic carbocycles. The lowest BCUT2D eigenvalue weighted by Gasteiger charge is -2.23. The van der Waals surface area contributed by atoms with Crippen molar-refractivity contribution in [2.45, 2.75) is 33.2 Å². The molecule has 0 saturated carbocycles. The molecule has 24 heavy (non-hydrogen) atoms. The van der Waals surface area contributed by atoms with Crippen LogP contribution >= 0.6 is 0 Å². The van der Waals surface area contributed by atoms with Crippen LogP contribution < -0.4 is 16.4 Å². The summed E-state index contributed by atoms with van der Waals surface area (Å²) in [5.74, 6) is 0.559. The van der Waals surface area contributed by atoms with Crippen molar-refractivity contribution in [1.29, 1.82) is 0 Å². The monoisotopic (exact) mass is 329 g/mol. The van der Waals surface area contributed by atoms with Crippen molar-refractivity contribution in [2.24, 2.45) is 0 Å². The minimum atomic E-state index is -0.402. The number of esters is 1. The fraction of sp³-hybridized carbons (Fsp3) is 0.353. The van der Waals surface area contributed by atoms with E-state index in [2.05, 4.69) is 20.6 Å². The van der Waals surface area contributed by atoms with Crippen LogP contribution in [0, 0.1) is 0 Å². The van der Waals surface area contributed by atoms with Crippen LogP contribution in [0.5, 0.6) is 0 Å². The van der Waals surface area contributed by atoms with Crippen LogP contribution in [-0.2, 0) is 4.74 Å². The van der Waals surface area contributed by atoms with Crippen molar-refractivity contribution >= 4 is 29.0 Å². The first-order chi connectivity index (χ1) is 11.3. The molecule has 0 saturated heterocycles. The lowest BCUT2D eigenvalue weighted by Crippen LogP contribution is -2.27. The first kappa shape index (κ1) is 17.5. The van der Waals surface area contributed by atoms with Gasteiger partial charge in [0.2, 0.25) is 0 Å². The topological polar surface area (TPSA) is 102 Å². The number of anilines is 4. The number of nitrogen functional groups attached to an aromatic ring is 1. The molecule has 4 N–H and O–H groups in total. The molecule has 0 amide bonds. The van der Waals surface area contributed by atoms with Gasteiger partial charge in [0.1, 0.15) is 12.0 Å². The zero-order chi connectivity index (χ0) is 17.7. The Bertz CT molecular complexity index is 725. The van der Waals surface area contributed by atoms with Gasteiger partial charge in [-0.2, -0.15) is 0 Å². The molecule has 0 aliphatic heterocycles. The van der Waals surface area contributed by atoms with E-state index in [1.165, 1.54) is 6.33 Å². The lowest BCUT2D eigenvalue weighted by atomic mass is 10.1. The van der Waals surface area contributed by atoms with Crippen molar-refractivity contribution in [2.75, 3.05) is 23.0 Å². The lowest BCUT2D eigenvalue weighted by molar-refractivity contribution is 0.0527. The van der Waals surface area contributed by atoms with Crippen LogP contribution in [0.2, 0.25) is 0 Å². The number of carbonyl (C=O) groups excluding carboxylic acids is 1. The molecule has 128 valence electrons. The third kappa shape index (κ3) is 4.34. The number of hydrogen-bond acceptors (Lipinski definition) is 7. The number of ether oxygens (including phenoxy) is 1. The Morgan fingerprint density at radius 3 is 2.54 bits per heavy atom. The molecular weight excluding hydrogens is 306 g/mol. The molecule has 0 atom stereocenters. The van der Waals surface area contributed by atoms with Crippen LogP contribution in [0.3, 0.4) is 0 Å². The van der Waals surface area contributed by atoms with Crippen molar-refractivity contribution in [3.05, 3.63) is 36.2 Å². The van der Waals surface area contributed by atoms with E-state index in [-0.39, 0.29) is 5.54 Å². The predicted molar refractivity (Wildman–Crippen MR) is 95.5 cm³/mol. The molecule has 1 aromatic heterocycles. The second-order valence-corrected chi connectivity index (χ2v) is 6.25. The van der Waals surface area contributed by atoms with E-state index >= 15 is 0 Å². The van der Waals surface area contributed by atoms with E-state index in [0.29, 0.717) is 35.2 Å². The molecule has 2 rings (SSSR count). The van der Waals surface area contributed by atoms with Gasteiger partial charge in [-0.25, -0.2) is 14.8 Å². The molecule has 2 aromatic rings.